The standard InChI is InChI=1S/C15H12F3NO2/c1-2-10-9-11(19(20)21)7-8-12(10)13-5-3-4-6-14(13)15(16,17)18/h3-9H,2H2,1H3. The van der Waals surface area contributed by atoms with Gasteiger partial charge in [0.25, 0.3) is 5.69 Å². The maximum atomic E-state index is 13.1. The van der Waals surface area contributed by atoms with Gasteiger partial charge in [-0.15, -0.1) is 0 Å². The van der Waals surface area contributed by atoms with Gasteiger partial charge in [-0.2, -0.15) is 13.2 Å². The number of nitrogens with zero attached hydrogens (tertiary/aromatic N) is 1. The van der Waals surface area contributed by atoms with E-state index in [0.717, 1.165) is 6.07 Å². The summed E-state index contributed by atoms with van der Waals surface area (Å²) in [5.74, 6) is 0. The van der Waals surface area contributed by atoms with E-state index in [4.69, 9.17) is 0 Å². The van der Waals surface area contributed by atoms with Gasteiger partial charge < -0.3 is 0 Å². The molecule has 21 heavy (non-hydrogen) atoms. The molecule has 6 heteroatoms. The molecule has 2 aromatic rings. The van der Waals surface area contributed by atoms with Crippen molar-refractivity contribution < 1.29 is 18.1 Å². The Morgan fingerprint density at radius 1 is 1.10 bits per heavy atom. The molecule has 0 fully saturated rings. The lowest BCUT2D eigenvalue weighted by atomic mass is 9.93. The maximum absolute atomic E-state index is 13.1. The van der Waals surface area contributed by atoms with E-state index in [1.807, 2.05) is 0 Å². The molecule has 0 aliphatic rings. The largest absolute Gasteiger partial charge is 0.417 e. The van der Waals surface area contributed by atoms with Crippen molar-refractivity contribution in [1.29, 1.82) is 0 Å². The molecule has 0 saturated heterocycles. The monoisotopic (exact) mass is 295 g/mol. The zero-order valence-corrected chi connectivity index (χ0v) is 11.1. The summed E-state index contributed by atoms with van der Waals surface area (Å²) < 4.78 is 39.2. The zero-order chi connectivity index (χ0) is 15.6. The van der Waals surface area contributed by atoms with Crippen LogP contribution in [-0.2, 0) is 12.6 Å². The molecule has 0 aliphatic heterocycles. The van der Waals surface area contributed by atoms with Crippen LogP contribution in [0.4, 0.5) is 18.9 Å². The van der Waals surface area contributed by atoms with E-state index in [-0.39, 0.29) is 11.3 Å². The molecule has 2 rings (SSSR count). The number of halogens is 3. The second kappa shape index (κ2) is 5.55. The predicted octanol–water partition coefficient (Wildman–Crippen LogP) is 4.84. The number of non-ortho nitro benzene ring substituents is 1. The molecule has 0 spiro atoms. The molecule has 2 aromatic carbocycles. The molecule has 0 saturated carbocycles. The fourth-order valence-corrected chi connectivity index (χ4v) is 2.21. The van der Waals surface area contributed by atoms with Crippen LogP contribution in [0.25, 0.3) is 11.1 Å². The van der Waals surface area contributed by atoms with Crippen molar-refractivity contribution >= 4 is 5.69 Å². The van der Waals surface area contributed by atoms with Crippen molar-refractivity contribution in [2.45, 2.75) is 19.5 Å². The van der Waals surface area contributed by atoms with Crippen LogP contribution in [0, 0.1) is 10.1 Å². The molecule has 0 aliphatic carbocycles. The lowest BCUT2D eigenvalue weighted by Gasteiger charge is -2.15. The van der Waals surface area contributed by atoms with Gasteiger partial charge >= 0.3 is 6.18 Å². The maximum Gasteiger partial charge on any atom is 0.417 e. The smallest absolute Gasteiger partial charge is 0.258 e. The van der Waals surface area contributed by atoms with E-state index in [0.29, 0.717) is 17.5 Å². The minimum Gasteiger partial charge on any atom is -0.258 e. The van der Waals surface area contributed by atoms with E-state index >= 15 is 0 Å². The lowest BCUT2D eigenvalue weighted by molar-refractivity contribution is -0.384. The summed E-state index contributed by atoms with van der Waals surface area (Å²) in [6, 6.07) is 9.15. The van der Waals surface area contributed by atoms with Crippen LogP contribution in [-0.4, -0.2) is 4.92 Å². The topological polar surface area (TPSA) is 43.1 Å². The van der Waals surface area contributed by atoms with E-state index in [1.54, 1.807) is 6.92 Å². The summed E-state index contributed by atoms with van der Waals surface area (Å²) >= 11 is 0. The molecule has 0 N–H and O–H groups in total. The Morgan fingerprint density at radius 3 is 2.33 bits per heavy atom. The Kier molecular flexibility index (Phi) is 3.97. The summed E-state index contributed by atoms with van der Waals surface area (Å²) in [4.78, 5) is 10.2. The molecule has 0 radical (unpaired) electrons. The molecular weight excluding hydrogens is 283 g/mol. The van der Waals surface area contributed by atoms with Crippen LogP contribution >= 0.6 is 0 Å². The molecule has 0 unspecified atom stereocenters. The minimum absolute atomic E-state index is 0.0387. The van der Waals surface area contributed by atoms with Crippen LogP contribution in [0.2, 0.25) is 0 Å². The van der Waals surface area contributed by atoms with Crippen molar-refractivity contribution in [3.8, 4) is 11.1 Å². The van der Waals surface area contributed by atoms with Gasteiger partial charge in [-0.25, -0.2) is 0 Å². The quantitative estimate of drug-likeness (QED) is 0.600. The minimum atomic E-state index is -4.47. The van der Waals surface area contributed by atoms with Crippen molar-refractivity contribution in [1.82, 2.24) is 0 Å². The third kappa shape index (κ3) is 3.04. The van der Waals surface area contributed by atoms with Gasteiger partial charge in [0.2, 0.25) is 0 Å². The molecule has 0 bridgehead atoms. The van der Waals surface area contributed by atoms with Gasteiger partial charge in [0, 0.05) is 12.1 Å². The summed E-state index contributed by atoms with van der Waals surface area (Å²) in [6.45, 7) is 1.75. The van der Waals surface area contributed by atoms with Crippen LogP contribution in [0.1, 0.15) is 18.1 Å². The average molecular weight is 295 g/mol. The zero-order valence-electron chi connectivity index (χ0n) is 11.1. The summed E-state index contributed by atoms with van der Waals surface area (Å²) in [5, 5.41) is 10.8. The first kappa shape index (κ1) is 15.0. The van der Waals surface area contributed by atoms with Crippen molar-refractivity contribution in [2.24, 2.45) is 0 Å². The van der Waals surface area contributed by atoms with E-state index in [2.05, 4.69) is 0 Å². The van der Waals surface area contributed by atoms with Crippen molar-refractivity contribution in [2.75, 3.05) is 0 Å². The van der Waals surface area contributed by atoms with Crippen LogP contribution in [0.15, 0.2) is 42.5 Å². The van der Waals surface area contributed by atoms with Gasteiger partial charge in [-0.05, 0) is 35.2 Å². The molecule has 110 valence electrons. The first-order chi connectivity index (χ1) is 9.84. The third-order valence-electron chi connectivity index (χ3n) is 3.20. The number of nitro benzene ring substituents is 1. The molecule has 0 atom stereocenters. The number of alkyl halides is 3. The average Bonchev–Trinajstić information content (AvgIpc) is 2.45. The number of hydrogen-bond donors (Lipinski definition) is 0. The number of aryl methyl sites for hydroxylation is 1. The van der Waals surface area contributed by atoms with E-state index in [9.17, 15) is 23.3 Å². The highest BCUT2D eigenvalue weighted by molar-refractivity contribution is 5.72. The van der Waals surface area contributed by atoms with Crippen molar-refractivity contribution in [3.05, 3.63) is 63.7 Å². The molecule has 0 amide bonds. The van der Waals surface area contributed by atoms with E-state index < -0.39 is 16.7 Å². The fraction of sp³-hybridized carbons (Fsp3) is 0.200. The molecule has 0 heterocycles. The van der Waals surface area contributed by atoms with Gasteiger partial charge in [0.15, 0.2) is 0 Å². The van der Waals surface area contributed by atoms with E-state index in [1.165, 1.54) is 36.4 Å². The highest BCUT2D eigenvalue weighted by Crippen LogP contribution is 2.38. The summed E-state index contributed by atoms with van der Waals surface area (Å²) in [7, 11) is 0. The molecule has 3 nitrogen and oxygen atoms in total. The highest BCUT2D eigenvalue weighted by atomic mass is 19.4. The van der Waals surface area contributed by atoms with Gasteiger partial charge in [-0.3, -0.25) is 10.1 Å². The van der Waals surface area contributed by atoms with Gasteiger partial charge in [0.05, 0.1) is 10.5 Å². The predicted molar refractivity (Wildman–Crippen MR) is 72.9 cm³/mol. The number of benzene rings is 2. The SMILES string of the molecule is CCc1cc([N+](=O)[O-])ccc1-c1ccccc1C(F)(F)F. The second-order valence-corrected chi connectivity index (χ2v) is 4.50. The number of hydrogen-bond acceptors (Lipinski definition) is 2. The Hall–Kier alpha value is -2.37. The Morgan fingerprint density at radius 2 is 1.76 bits per heavy atom. The molecular formula is C15H12F3NO2. The summed E-state index contributed by atoms with van der Waals surface area (Å²) in [5.41, 5.74) is 0.0577. The van der Waals surface area contributed by atoms with Crippen molar-refractivity contribution in [3.63, 3.8) is 0 Å². The lowest BCUT2D eigenvalue weighted by Crippen LogP contribution is -2.07. The number of rotatable bonds is 3. The van der Waals surface area contributed by atoms with Crippen LogP contribution in [0.3, 0.4) is 0 Å². The Bertz CT molecular complexity index is 681. The Labute approximate surface area is 119 Å². The van der Waals surface area contributed by atoms with Gasteiger partial charge in [-0.1, -0.05) is 25.1 Å². The second-order valence-electron chi connectivity index (χ2n) is 4.50. The third-order valence-corrected chi connectivity index (χ3v) is 3.20. The first-order valence-electron chi connectivity index (χ1n) is 6.28. The molecule has 0 aromatic heterocycles. The first-order valence-corrected chi connectivity index (χ1v) is 6.28. The highest BCUT2D eigenvalue weighted by Gasteiger charge is 2.33. The normalized spacial score (nSPS) is 11.4. The summed E-state index contributed by atoms with van der Waals surface area (Å²) in [6.07, 6.45) is -4.06. The van der Waals surface area contributed by atoms with Crippen LogP contribution in [0.5, 0.6) is 0 Å². The number of nitro groups is 1. The Balaban J connectivity index is 2.65. The van der Waals surface area contributed by atoms with Gasteiger partial charge in [0.1, 0.15) is 0 Å². The fourth-order valence-electron chi connectivity index (χ4n) is 2.21. The van der Waals surface area contributed by atoms with Crippen LogP contribution < -0.4 is 0 Å².